The minimum atomic E-state index is -1.40. The van der Waals surface area contributed by atoms with Crippen LogP contribution >= 0.6 is 22.6 Å². The number of hydrogen-bond donors (Lipinski definition) is 0. The van der Waals surface area contributed by atoms with Gasteiger partial charge in [-0.05, 0) is 61.7 Å². The largest absolute Gasteiger partial charge is 0.462 e. The maximum Gasteiger partial charge on any atom is 0.410 e. The van der Waals surface area contributed by atoms with Gasteiger partial charge >= 0.3 is 12.1 Å². The summed E-state index contributed by atoms with van der Waals surface area (Å²) in [5.74, 6) is -0.385. The van der Waals surface area contributed by atoms with Gasteiger partial charge in [0.25, 0.3) is 0 Å². The Labute approximate surface area is 207 Å². The fraction of sp³-hybridized carbons (Fsp3) is 0.783. The molecule has 0 bridgehead atoms. The van der Waals surface area contributed by atoms with Crippen molar-refractivity contribution in [3.8, 4) is 0 Å². The second-order valence-electron chi connectivity index (χ2n) is 11.3. The molecule has 0 aliphatic carbocycles. The highest BCUT2D eigenvalue weighted by Crippen LogP contribution is 2.40. The Morgan fingerprint density at radius 1 is 1.19 bits per heavy atom. The van der Waals surface area contributed by atoms with Gasteiger partial charge in [0.15, 0.2) is 0 Å². The standard InChI is InChI=1S/C23H40IN3O4Si/c1-10-30-20(28)18-17-15-26(21(29)31-22(2,3)4)14-16(27(17)25-19(18)24)12-11-13-32(8,9)23(5,6)7/h16H,10-15H2,1-9H3. The summed E-state index contributed by atoms with van der Waals surface area (Å²) in [5.41, 5.74) is 0.628. The van der Waals surface area contributed by atoms with Crippen molar-refractivity contribution in [3.63, 3.8) is 0 Å². The number of aromatic nitrogens is 2. The lowest BCUT2D eigenvalue weighted by atomic mass is 10.1. The Balaban J connectivity index is 2.32. The molecule has 2 rings (SSSR count). The quantitative estimate of drug-likeness (QED) is 0.227. The highest BCUT2D eigenvalue weighted by atomic mass is 127. The van der Waals surface area contributed by atoms with Gasteiger partial charge in [-0.15, -0.1) is 0 Å². The third kappa shape index (κ3) is 6.48. The number of fused-ring (bicyclic) bond motifs is 1. The second-order valence-corrected chi connectivity index (χ2v) is 18.1. The average molecular weight is 578 g/mol. The number of hydrogen-bond acceptors (Lipinski definition) is 5. The van der Waals surface area contributed by atoms with E-state index in [-0.39, 0.29) is 24.6 Å². The van der Waals surface area contributed by atoms with Crippen LogP contribution in [0.4, 0.5) is 4.79 Å². The number of amides is 1. The minimum Gasteiger partial charge on any atom is -0.462 e. The van der Waals surface area contributed by atoms with Gasteiger partial charge in [-0.25, -0.2) is 9.59 Å². The minimum absolute atomic E-state index is 0.00716. The van der Waals surface area contributed by atoms with Crippen LogP contribution in [0, 0.1) is 3.70 Å². The molecule has 1 atom stereocenters. The van der Waals surface area contributed by atoms with Crippen molar-refractivity contribution in [1.29, 1.82) is 0 Å². The van der Waals surface area contributed by atoms with E-state index in [9.17, 15) is 9.59 Å². The topological polar surface area (TPSA) is 73.7 Å². The van der Waals surface area contributed by atoms with E-state index in [0.29, 0.717) is 27.5 Å². The van der Waals surface area contributed by atoms with E-state index in [1.165, 1.54) is 6.04 Å². The molecule has 0 fully saturated rings. The van der Waals surface area contributed by atoms with E-state index < -0.39 is 13.7 Å². The molecule has 0 spiro atoms. The SMILES string of the molecule is CCOC(=O)c1c(I)nn2c1CN(C(=O)OC(C)(C)C)CC2CCC[Si](C)(C)C(C)(C)C. The van der Waals surface area contributed by atoms with Crippen molar-refractivity contribution < 1.29 is 19.1 Å². The van der Waals surface area contributed by atoms with Crippen LogP contribution in [0.5, 0.6) is 0 Å². The predicted molar refractivity (Wildman–Crippen MR) is 138 cm³/mol. The first-order valence-electron chi connectivity index (χ1n) is 11.5. The summed E-state index contributed by atoms with van der Waals surface area (Å²) in [6.45, 7) is 20.4. The van der Waals surface area contributed by atoms with Gasteiger partial charge in [0.05, 0.1) is 33.0 Å². The molecule has 0 saturated carbocycles. The molecule has 1 aliphatic rings. The van der Waals surface area contributed by atoms with E-state index in [1.54, 1.807) is 11.8 Å². The molecule has 0 radical (unpaired) electrons. The lowest BCUT2D eigenvalue weighted by Gasteiger charge is -2.38. The fourth-order valence-corrected chi connectivity index (χ4v) is 6.31. The summed E-state index contributed by atoms with van der Waals surface area (Å²) in [7, 11) is -1.40. The Bertz CT molecular complexity index is 840. The number of ether oxygens (including phenoxy) is 2. The Morgan fingerprint density at radius 3 is 2.34 bits per heavy atom. The summed E-state index contributed by atoms with van der Waals surface area (Å²) in [6.07, 6.45) is 1.61. The molecular formula is C23H40IN3O4Si. The molecule has 0 aromatic carbocycles. The number of carbonyl (C=O) groups is 2. The third-order valence-corrected chi connectivity index (χ3v) is 13.0. The molecule has 1 aliphatic heterocycles. The van der Waals surface area contributed by atoms with Gasteiger partial charge in [0, 0.05) is 6.54 Å². The summed E-state index contributed by atoms with van der Waals surface area (Å²) >= 11 is 2.09. The molecule has 2 heterocycles. The average Bonchev–Trinajstić information content (AvgIpc) is 2.95. The Morgan fingerprint density at radius 2 is 1.81 bits per heavy atom. The predicted octanol–water partition coefficient (Wildman–Crippen LogP) is 6.24. The number of carbonyl (C=O) groups excluding carboxylic acids is 2. The first-order valence-corrected chi connectivity index (χ1v) is 15.8. The molecule has 1 unspecified atom stereocenters. The van der Waals surface area contributed by atoms with Crippen LogP contribution in [0.15, 0.2) is 0 Å². The van der Waals surface area contributed by atoms with Crippen LogP contribution in [0.3, 0.4) is 0 Å². The molecule has 182 valence electrons. The van der Waals surface area contributed by atoms with E-state index in [0.717, 1.165) is 18.5 Å². The number of halogens is 1. The Hall–Kier alpha value is -1.10. The summed E-state index contributed by atoms with van der Waals surface area (Å²) in [6, 6.07) is 1.21. The first-order chi connectivity index (χ1) is 14.6. The van der Waals surface area contributed by atoms with Crippen LogP contribution in [0.1, 0.15) is 83.4 Å². The zero-order valence-corrected chi connectivity index (χ0v) is 24.3. The summed E-state index contributed by atoms with van der Waals surface area (Å²) in [5, 5.41) is 5.04. The number of esters is 1. The van der Waals surface area contributed by atoms with Crippen molar-refractivity contribution in [3.05, 3.63) is 15.0 Å². The van der Waals surface area contributed by atoms with Crippen LogP contribution in [0.2, 0.25) is 24.2 Å². The second kappa shape index (κ2) is 10.0. The van der Waals surface area contributed by atoms with Gasteiger partial charge in [0.2, 0.25) is 0 Å². The molecule has 9 heteroatoms. The van der Waals surface area contributed by atoms with Crippen LogP contribution in [0.25, 0.3) is 0 Å². The molecule has 1 amide bonds. The normalized spacial score (nSPS) is 17.2. The number of rotatable bonds is 6. The Kier molecular flexibility index (Phi) is 8.51. The van der Waals surface area contributed by atoms with Gasteiger partial charge in [-0.3, -0.25) is 4.68 Å². The summed E-state index contributed by atoms with van der Waals surface area (Å²) < 4.78 is 13.5. The molecule has 1 aromatic heterocycles. The van der Waals surface area contributed by atoms with Crippen LogP contribution in [-0.4, -0.2) is 53.6 Å². The fourth-order valence-electron chi connectivity index (χ4n) is 3.71. The maximum absolute atomic E-state index is 12.9. The highest BCUT2D eigenvalue weighted by Gasteiger charge is 2.38. The number of nitrogens with zero attached hydrogens (tertiary/aromatic N) is 3. The lowest BCUT2D eigenvalue weighted by molar-refractivity contribution is 0.0150. The van der Waals surface area contributed by atoms with Crippen molar-refractivity contribution in [2.24, 2.45) is 0 Å². The smallest absolute Gasteiger partial charge is 0.410 e. The molecule has 1 aromatic rings. The third-order valence-electron chi connectivity index (χ3n) is 6.59. The monoisotopic (exact) mass is 577 g/mol. The molecular weight excluding hydrogens is 537 g/mol. The molecule has 32 heavy (non-hydrogen) atoms. The molecule has 0 N–H and O–H groups in total. The van der Waals surface area contributed by atoms with E-state index in [2.05, 4.69) is 56.5 Å². The van der Waals surface area contributed by atoms with Crippen molar-refractivity contribution >= 4 is 42.7 Å². The van der Waals surface area contributed by atoms with E-state index >= 15 is 0 Å². The zero-order chi connectivity index (χ0) is 24.5. The first kappa shape index (κ1) is 27.1. The van der Waals surface area contributed by atoms with Gasteiger partial charge in [-0.2, -0.15) is 5.10 Å². The highest BCUT2D eigenvalue weighted by molar-refractivity contribution is 14.1. The zero-order valence-electron chi connectivity index (χ0n) is 21.2. The maximum atomic E-state index is 12.9. The van der Waals surface area contributed by atoms with E-state index in [1.807, 2.05) is 25.5 Å². The van der Waals surface area contributed by atoms with Crippen LogP contribution < -0.4 is 0 Å². The molecule has 0 saturated heterocycles. The van der Waals surface area contributed by atoms with E-state index in [4.69, 9.17) is 14.6 Å². The summed E-state index contributed by atoms with van der Waals surface area (Å²) in [4.78, 5) is 27.3. The van der Waals surface area contributed by atoms with Gasteiger partial charge in [0.1, 0.15) is 14.9 Å². The van der Waals surface area contributed by atoms with Gasteiger partial charge in [-0.1, -0.05) is 46.3 Å². The lowest BCUT2D eigenvalue weighted by Crippen LogP contribution is -2.44. The van der Waals surface area contributed by atoms with Crippen molar-refractivity contribution in [2.75, 3.05) is 13.2 Å². The van der Waals surface area contributed by atoms with Crippen molar-refractivity contribution in [2.45, 2.75) is 104 Å². The van der Waals surface area contributed by atoms with Crippen molar-refractivity contribution in [1.82, 2.24) is 14.7 Å². The van der Waals surface area contributed by atoms with Gasteiger partial charge < -0.3 is 14.4 Å². The van der Waals surface area contributed by atoms with Crippen LogP contribution in [-0.2, 0) is 16.0 Å². The molecule has 7 nitrogen and oxygen atoms in total.